The summed E-state index contributed by atoms with van der Waals surface area (Å²) in [6.45, 7) is 1.94. The summed E-state index contributed by atoms with van der Waals surface area (Å²) in [4.78, 5) is 33.5. The van der Waals surface area contributed by atoms with Crippen LogP contribution in [-0.2, 0) is 18.3 Å². The molecule has 3 aromatic rings. The van der Waals surface area contributed by atoms with Crippen LogP contribution in [0.2, 0.25) is 0 Å². The Morgan fingerprint density at radius 2 is 1.97 bits per heavy atom. The predicted molar refractivity (Wildman–Crippen MR) is 124 cm³/mol. The van der Waals surface area contributed by atoms with Gasteiger partial charge in [-0.15, -0.1) is 0 Å². The molecule has 0 atom stereocenters. The highest BCUT2D eigenvalue weighted by atomic mass is 19.1. The highest BCUT2D eigenvalue weighted by molar-refractivity contribution is 6.04. The van der Waals surface area contributed by atoms with Crippen molar-refractivity contribution in [3.05, 3.63) is 64.4 Å². The number of carbonyl (C=O) groups excluding carboxylic acids is 2. The number of halogens is 1. The maximum Gasteiger partial charge on any atom is 0.253 e. The second-order valence-electron chi connectivity index (χ2n) is 8.58. The number of aryl methyl sites for hydroxylation is 1. The van der Waals surface area contributed by atoms with Gasteiger partial charge in [0, 0.05) is 61.2 Å². The molecule has 0 bridgehead atoms. The first-order valence-electron chi connectivity index (χ1n) is 10.9. The summed E-state index contributed by atoms with van der Waals surface area (Å²) in [6.07, 6.45) is 7.15. The Balaban J connectivity index is 1.52. The lowest BCUT2D eigenvalue weighted by molar-refractivity contribution is -0.117. The molecule has 5 rings (SSSR count). The fraction of sp³-hybridized carbons (Fsp3) is 0.280. The second-order valence-corrected chi connectivity index (χ2v) is 8.58. The minimum absolute atomic E-state index is 0.0228. The Kier molecular flexibility index (Phi) is 5.08. The number of nitrogens with zero attached hydrogens (tertiary/aromatic N) is 3. The molecule has 0 saturated heterocycles. The average Bonchev–Trinajstić information content (AvgIpc) is 3.48. The maximum absolute atomic E-state index is 15.3. The van der Waals surface area contributed by atoms with Gasteiger partial charge in [0.25, 0.3) is 5.91 Å². The van der Waals surface area contributed by atoms with Crippen LogP contribution in [0.25, 0.3) is 23.0 Å². The van der Waals surface area contributed by atoms with Crippen LogP contribution in [0.4, 0.5) is 10.2 Å². The average molecular weight is 445 g/mol. The number of anilines is 1. The monoisotopic (exact) mass is 445 g/mol. The summed E-state index contributed by atoms with van der Waals surface area (Å²) in [5.41, 5.74) is 4.63. The minimum Gasteiger partial charge on any atom is -0.355 e. The molecular weight excluding hydrogens is 421 g/mol. The van der Waals surface area contributed by atoms with Crippen LogP contribution in [0.5, 0.6) is 0 Å². The first kappa shape index (κ1) is 21.1. The molecule has 33 heavy (non-hydrogen) atoms. The number of hydrogen-bond acceptors (Lipinski definition) is 4. The van der Waals surface area contributed by atoms with Crippen LogP contribution in [0, 0.1) is 18.7 Å². The number of benzene rings is 1. The van der Waals surface area contributed by atoms with Gasteiger partial charge in [0.2, 0.25) is 5.91 Å². The molecule has 8 heteroatoms. The summed E-state index contributed by atoms with van der Waals surface area (Å²) in [5.74, 6) is 0.433. The number of nitrogens with one attached hydrogen (secondary N) is 2. The number of allylic oxidation sites excluding steroid dienone is 1. The summed E-state index contributed by atoms with van der Waals surface area (Å²) in [7, 11) is 3.44. The number of pyridine rings is 1. The molecule has 0 radical (unpaired) electrons. The van der Waals surface area contributed by atoms with Gasteiger partial charge in [0.15, 0.2) is 0 Å². The predicted octanol–water partition coefficient (Wildman–Crippen LogP) is 3.73. The van der Waals surface area contributed by atoms with Gasteiger partial charge < -0.3 is 15.2 Å². The fourth-order valence-electron chi connectivity index (χ4n) is 4.16. The van der Waals surface area contributed by atoms with E-state index in [9.17, 15) is 9.59 Å². The fourth-order valence-corrected chi connectivity index (χ4v) is 4.16. The van der Waals surface area contributed by atoms with Gasteiger partial charge in [0.05, 0.1) is 5.56 Å². The van der Waals surface area contributed by atoms with Crippen LogP contribution < -0.4 is 10.6 Å². The number of hydrogen-bond donors (Lipinski definition) is 2. The second kappa shape index (κ2) is 7.95. The molecule has 7 nitrogen and oxygen atoms in total. The normalized spacial score (nSPS) is 14.6. The van der Waals surface area contributed by atoms with Crippen molar-refractivity contribution in [1.82, 2.24) is 19.9 Å². The molecular formula is C25H24FN5O2. The Morgan fingerprint density at radius 1 is 1.18 bits per heavy atom. The molecule has 0 unspecified atom stereocenters. The molecule has 1 fully saturated rings. The summed E-state index contributed by atoms with van der Waals surface area (Å²) in [6, 6.07) is 5.06. The third-order valence-corrected chi connectivity index (χ3v) is 6.36. The van der Waals surface area contributed by atoms with E-state index in [0.717, 1.165) is 29.7 Å². The first-order valence-corrected chi connectivity index (χ1v) is 10.9. The summed E-state index contributed by atoms with van der Waals surface area (Å²) >= 11 is 0. The Bertz CT molecular complexity index is 1340. The number of rotatable bonds is 5. The number of carbonyl (C=O) groups is 2. The first-order chi connectivity index (χ1) is 15.9. The van der Waals surface area contributed by atoms with Gasteiger partial charge in [-0.3, -0.25) is 9.59 Å². The van der Waals surface area contributed by atoms with Crippen molar-refractivity contribution >= 4 is 29.3 Å². The van der Waals surface area contributed by atoms with E-state index in [1.807, 2.05) is 30.7 Å². The van der Waals surface area contributed by atoms with Crippen molar-refractivity contribution in [2.45, 2.75) is 26.2 Å². The zero-order chi connectivity index (χ0) is 23.3. The number of imidazole rings is 1. The molecule has 0 aliphatic heterocycles. The lowest BCUT2D eigenvalue weighted by Gasteiger charge is -2.12. The number of aromatic nitrogens is 3. The zero-order valence-electron chi connectivity index (χ0n) is 18.7. The molecule has 1 saturated carbocycles. The molecule has 2 aliphatic rings. The van der Waals surface area contributed by atoms with Gasteiger partial charge in [-0.25, -0.2) is 14.4 Å². The topological polar surface area (TPSA) is 88.9 Å². The van der Waals surface area contributed by atoms with Gasteiger partial charge in [-0.1, -0.05) is 12.1 Å². The van der Waals surface area contributed by atoms with E-state index >= 15 is 4.39 Å². The van der Waals surface area contributed by atoms with Crippen molar-refractivity contribution in [2.75, 3.05) is 12.4 Å². The van der Waals surface area contributed by atoms with E-state index < -0.39 is 0 Å². The van der Waals surface area contributed by atoms with Crippen LogP contribution in [0.1, 0.15) is 45.6 Å². The Morgan fingerprint density at radius 3 is 2.61 bits per heavy atom. The third kappa shape index (κ3) is 3.71. The van der Waals surface area contributed by atoms with Gasteiger partial charge in [-0.05, 0) is 43.0 Å². The Labute approximate surface area is 190 Å². The standard InChI is InChI=1S/C25H24FN5O2/c1-13-11-29-23(31(13)3)15-6-7-17(21(26)10-15)16-8-18-19(9-16)22(30-24(32)14-4-5-14)28-12-20(18)25(33)27-2/h6-8,10-12,14H,4-5,9H2,1-3H3,(H,27,33)(H,28,30,32). The van der Waals surface area contributed by atoms with E-state index in [-0.39, 0.29) is 23.5 Å². The van der Waals surface area contributed by atoms with Crippen molar-refractivity contribution in [2.24, 2.45) is 13.0 Å². The van der Waals surface area contributed by atoms with Crippen molar-refractivity contribution in [3.8, 4) is 11.4 Å². The van der Waals surface area contributed by atoms with Crippen LogP contribution >= 0.6 is 0 Å². The van der Waals surface area contributed by atoms with E-state index in [1.54, 1.807) is 19.3 Å². The lowest BCUT2D eigenvalue weighted by atomic mass is 10.0. The molecule has 2 aliphatic carbocycles. The van der Waals surface area contributed by atoms with E-state index in [4.69, 9.17) is 0 Å². The highest BCUT2D eigenvalue weighted by Crippen LogP contribution is 2.39. The van der Waals surface area contributed by atoms with Crippen LogP contribution in [0.15, 0.2) is 30.6 Å². The van der Waals surface area contributed by atoms with Crippen LogP contribution in [-0.4, -0.2) is 33.4 Å². The zero-order valence-corrected chi connectivity index (χ0v) is 18.7. The smallest absolute Gasteiger partial charge is 0.253 e. The molecule has 168 valence electrons. The quantitative estimate of drug-likeness (QED) is 0.626. The molecule has 1 aromatic carbocycles. The Hall–Kier alpha value is -3.81. The third-order valence-electron chi connectivity index (χ3n) is 6.36. The lowest BCUT2D eigenvalue weighted by Crippen LogP contribution is -2.21. The van der Waals surface area contributed by atoms with Gasteiger partial charge >= 0.3 is 0 Å². The molecule has 2 heterocycles. The van der Waals surface area contributed by atoms with E-state index in [1.165, 1.54) is 12.3 Å². The molecule has 2 N–H and O–H groups in total. The molecule has 0 spiro atoms. The summed E-state index contributed by atoms with van der Waals surface area (Å²) < 4.78 is 17.2. The number of fused-ring (bicyclic) bond motifs is 1. The number of amides is 2. The molecule has 2 aromatic heterocycles. The van der Waals surface area contributed by atoms with Crippen molar-refractivity contribution < 1.29 is 14.0 Å². The van der Waals surface area contributed by atoms with Gasteiger partial charge in [0.1, 0.15) is 17.5 Å². The van der Waals surface area contributed by atoms with Gasteiger partial charge in [-0.2, -0.15) is 0 Å². The summed E-state index contributed by atoms with van der Waals surface area (Å²) in [5, 5.41) is 5.51. The highest BCUT2D eigenvalue weighted by Gasteiger charge is 2.32. The van der Waals surface area contributed by atoms with Crippen molar-refractivity contribution in [3.63, 3.8) is 0 Å². The van der Waals surface area contributed by atoms with Crippen molar-refractivity contribution in [1.29, 1.82) is 0 Å². The minimum atomic E-state index is -0.370. The SMILES string of the molecule is CNC(=O)c1cnc(NC(=O)C2CC2)c2c1C=C(c1ccc(-c3ncc(C)n3C)cc1F)C2. The van der Waals surface area contributed by atoms with E-state index in [2.05, 4.69) is 20.6 Å². The largest absolute Gasteiger partial charge is 0.355 e. The van der Waals surface area contributed by atoms with E-state index in [0.29, 0.717) is 40.3 Å². The molecule has 2 amide bonds. The van der Waals surface area contributed by atoms with Crippen LogP contribution in [0.3, 0.4) is 0 Å². The maximum atomic E-state index is 15.3.